The summed E-state index contributed by atoms with van der Waals surface area (Å²) in [6.07, 6.45) is 1.85. The predicted octanol–water partition coefficient (Wildman–Crippen LogP) is 5.95. The monoisotopic (exact) mass is 324 g/mol. The van der Waals surface area contributed by atoms with Gasteiger partial charge in [-0.25, -0.2) is 4.98 Å². The minimum atomic E-state index is 0.0625. The summed E-state index contributed by atoms with van der Waals surface area (Å²) in [5.41, 5.74) is 4.70. The third-order valence-electron chi connectivity index (χ3n) is 3.94. The van der Waals surface area contributed by atoms with Gasteiger partial charge in [-0.2, -0.15) is 0 Å². The van der Waals surface area contributed by atoms with E-state index in [1.807, 2.05) is 18.3 Å². The van der Waals surface area contributed by atoms with E-state index in [2.05, 4.69) is 64.7 Å². The van der Waals surface area contributed by atoms with Crippen LogP contribution in [0.2, 0.25) is 0 Å². The van der Waals surface area contributed by atoms with Gasteiger partial charge in [0.1, 0.15) is 0 Å². The Balaban J connectivity index is 2.33. The van der Waals surface area contributed by atoms with Gasteiger partial charge in [-0.3, -0.25) is 4.98 Å². The molecule has 2 aromatic heterocycles. The van der Waals surface area contributed by atoms with E-state index < -0.39 is 0 Å². The number of thiazole rings is 1. The van der Waals surface area contributed by atoms with Gasteiger partial charge in [0.05, 0.1) is 20.9 Å². The molecule has 1 aromatic carbocycles. The molecule has 0 saturated carbocycles. The van der Waals surface area contributed by atoms with Crippen molar-refractivity contribution in [2.24, 2.45) is 0 Å². The third kappa shape index (κ3) is 3.16. The normalized spacial score (nSPS) is 12.8. The van der Waals surface area contributed by atoms with E-state index in [9.17, 15) is 0 Å². The van der Waals surface area contributed by atoms with E-state index >= 15 is 0 Å². The molecule has 0 amide bonds. The highest BCUT2D eigenvalue weighted by Crippen LogP contribution is 2.38. The second-order valence-corrected chi connectivity index (χ2v) is 9.14. The van der Waals surface area contributed by atoms with Crippen LogP contribution in [0.3, 0.4) is 0 Å². The van der Waals surface area contributed by atoms with Crippen molar-refractivity contribution in [3.63, 3.8) is 0 Å². The smallest absolute Gasteiger partial charge is 0.0992 e. The van der Waals surface area contributed by atoms with Gasteiger partial charge in [-0.05, 0) is 35.2 Å². The molecular formula is C20H24N2S. The van der Waals surface area contributed by atoms with Crippen LogP contribution >= 0.6 is 11.3 Å². The summed E-state index contributed by atoms with van der Waals surface area (Å²) in [6, 6.07) is 10.6. The molecule has 3 heteroatoms. The van der Waals surface area contributed by atoms with Crippen molar-refractivity contribution in [1.29, 1.82) is 0 Å². The van der Waals surface area contributed by atoms with Gasteiger partial charge in [0.2, 0.25) is 0 Å². The molecule has 2 nitrogen and oxygen atoms in total. The highest BCUT2D eigenvalue weighted by Gasteiger charge is 2.23. The van der Waals surface area contributed by atoms with Crippen molar-refractivity contribution < 1.29 is 0 Å². The molecule has 0 aliphatic carbocycles. The van der Waals surface area contributed by atoms with Crippen molar-refractivity contribution in [3.05, 3.63) is 47.1 Å². The standard InChI is InChI=1S/C20H24N2S/c1-19(2,3)13-11-14(15-9-7-8-10-21-15)17-16(12-13)23-18(22-17)20(4,5)6/h7-12H,1-6H3. The number of pyridine rings is 1. The van der Waals surface area contributed by atoms with Gasteiger partial charge in [-0.15, -0.1) is 11.3 Å². The van der Waals surface area contributed by atoms with Crippen molar-refractivity contribution in [3.8, 4) is 11.3 Å². The van der Waals surface area contributed by atoms with Crippen molar-refractivity contribution in [1.82, 2.24) is 9.97 Å². The van der Waals surface area contributed by atoms with Gasteiger partial charge in [0.15, 0.2) is 0 Å². The van der Waals surface area contributed by atoms with E-state index in [1.54, 1.807) is 11.3 Å². The Hall–Kier alpha value is -1.74. The molecule has 0 atom stereocenters. The molecule has 0 N–H and O–H groups in total. The summed E-state index contributed by atoms with van der Waals surface area (Å²) in [4.78, 5) is 9.52. The Kier molecular flexibility index (Phi) is 3.80. The van der Waals surface area contributed by atoms with Gasteiger partial charge in [0, 0.05) is 17.2 Å². The lowest BCUT2D eigenvalue weighted by molar-refractivity contribution is 0.587. The van der Waals surface area contributed by atoms with Gasteiger partial charge in [-0.1, -0.05) is 47.6 Å². The fourth-order valence-corrected chi connectivity index (χ4v) is 3.59. The quantitative estimate of drug-likeness (QED) is 0.552. The molecule has 0 aliphatic rings. The van der Waals surface area contributed by atoms with Crippen LogP contribution in [0.15, 0.2) is 36.5 Å². The lowest BCUT2D eigenvalue weighted by Gasteiger charge is -2.20. The second kappa shape index (κ2) is 5.41. The fourth-order valence-electron chi connectivity index (χ4n) is 2.50. The maximum atomic E-state index is 4.96. The lowest BCUT2D eigenvalue weighted by atomic mass is 9.85. The molecule has 0 aliphatic heterocycles. The number of fused-ring (bicyclic) bond motifs is 1. The summed E-state index contributed by atoms with van der Waals surface area (Å²) in [5, 5.41) is 1.18. The first-order valence-electron chi connectivity index (χ1n) is 8.03. The summed E-state index contributed by atoms with van der Waals surface area (Å²) >= 11 is 1.80. The topological polar surface area (TPSA) is 25.8 Å². The molecule has 3 aromatic rings. The largest absolute Gasteiger partial charge is 0.256 e. The first-order valence-corrected chi connectivity index (χ1v) is 8.85. The molecule has 2 heterocycles. The molecular weight excluding hydrogens is 300 g/mol. The minimum Gasteiger partial charge on any atom is -0.256 e. The number of benzene rings is 1. The zero-order valence-electron chi connectivity index (χ0n) is 14.8. The first kappa shape index (κ1) is 16.1. The van der Waals surface area contributed by atoms with Crippen LogP contribution in [-0.4, -0.2) is 9.97 Å². The van der Waals surface area contributed by atoms with Crippen LogP contribution in [0.5, 0.6) is 0 Å². The number of aromatic nitrogens is 2. The second-order valence-electron chi connectivity index (χ2n) is 8.10. The Morgan fingerprint density at radius 3 is 2.22 bits per heavy atom. The Bertz CT molecular complexity index is 834. The molecule has 23 heavy (non-hydrogen) atoms. The zero-order chi connectivity index (χ0) is 16.8. The highest BCUT2D eigenvalue weighted by molar-refractivity contribution is 7.18. The summed E-state index contributed by atoms with van der Waals surface area (Å²) in [6.45, 7) is 13.4. The highest BCUT2D eigenvalue weighted by atomic mass is 32.1. The predicted molar refractivity (Wildman–Crippen MR) is 100 cm³/mol. The molecule has 3 rings (SSSR count). The Morgan fingerprint density at radius 1 is 0.913 bits per heavy atom. The maximum Gasteiger partial charge on any atom is 0.0992 e. The van der Waals surface area contributed by atoms with Crippen LogP contribution in [0.4, 0.5) is 0 Å². The SMILES string of the molecule is CC(C)(C)c1cc(-c2ccccn2)c2nc(C(C)(C)C)sc2c1. The van der Waals surface area contributed by atoms with E-state index in [0.29, 0.717) is 0 Å². The molecule has 0 bridgehead atoms. The number of rotatable bonds is 1. The lowest BCUT2D eigenvalue weighted by Crippen LogP contribution is -2.11. The fraction of sp³-hybridized carbons (Fsp3) is 0.400. The Morgan fingerprint density at radius 2 is 1.65 bits per heavy atom. The van der Waals surface area contributed by atoms with Crippen LogP contribution in [0, 0.1) is 0 Å². The Labute approximate surface area is 142 Å². The van der Waals surface area contributed by atoms with Crippen molar-refractivity contribution in [2.75, 3.05) is 0 Å². The maximum absolute atomic E-state index is 4.96. The van der Waals surface area contributed by atoms with Gasteiger partial charge in [0.25, 0.3) is 0 Å². The van der Waals surface area contributed by atoms with E-state index in [-0.39, 0.29) is 10.8 Å². The first-order chi connectivity index (χ1) is 10.7. The third-order valence-corrected chi connectivity index (χ3v) is 5.37. The molecule has 0 spiro atoms. The number of nitrogens with zero attached hydrogens (tertiary/aromatic N) is 2. The molecule has 0 fully saturated rings. The van der Waals surface area contributed by atoms with Crippen LogP contribution in [0.25, 0.3) is 21.5 Å². The number of hydrogen-bond acceptors (Lipinski definition) is 3. The minimum absolute atomic E-state index is 0.0625. The summed E-state index contributed by atoms with van der Waals surface area (Å²) in [5.74, 6) is 0. The van der Waals surface area contributed by atoms with Crippen molar-refractivity contribution in [2.45, 2.75) is 52.4 Å². The molecule has 0 saturated heterocycles. The summed E-state index contributed by atoms with van der Waals surface area (Å²) < 4.78 is 1.25. The zero-order valence-corrected chi connectivity index (χ0v) is 15.6. The summed E-state index contributed by atoms with van der Waals surface area (Å²) in [7, 11) is 0. The van der Waals surface area contributed by atoms with E-state index in [4.69, 9.17) is 4.98 Å². The average Bonchev–Trinajstić information content (AvgIpc) is 2.90. The molecule has 0 unspecified atom stereocenters. The van der Waals surface area contributed by atoms with Crippen LogP contribution in [-0.2, 0) is 10.8 Å². The van der Waals surface area contributed by atoms with Crippen molar-refractivity contribution >= 4 is 21.6 Å². The van der Waals surface area contributed by atoms with E-state index in [1.165, 1.54) is 15.3 Å². The van der Waals surface area contributed by atoms with Gasteiger partial charge < -0.3 is 0 Å². The van der Waals surface area contributed by atoms with Crippen LogP contribution in [0.1, 0.15) is 52.1 Å². The number of hydrogen-bond donors (Lipinski definition) is 0. The van der Waals surface area contributed by atoms with E-state index in [0.717, 1.165) is 16.8 Å². The average molecular weight is 324 g/mol. The molecule has 120 valence electrons. The van der Waals surface area contributed by atoms with Crippen LogP contribution < -0.4 is 0 Å². The molecule has 0 radical (unpaired) electrons. The van der Waals surface area contributed by atoms with Gasteiger partial charge >= 0.3 is 0 Å².